The summed E-state index contributed by atoms with van der Waals surface area (Å²) in [6, 6.07) is 2.46. The Bertz CT molecular complexity index is 672. The third-order valence-electron chi connectivity index (χ3n) is 3.62. The molecule has 2 aromatic rings. The predicted octanol–water partition coefficient (Wildman–Crippen LogP) is 2.72. The van der Waals surface area contributed by atoms with Crippen LogP contribution in [0.1, 0.15) is 68.9 Å². The van der Waals surface area contributed by atoms with Gasteiger partial charge in [-0.25, -0.2) is 4.98 Å². The zero-order valence-corrected chi connectivity index (χ0v) is 17.3. The van der Waals surface area contributed by atoms with Crippen molar-refractivity contribution >= 4 is 17.6 Å². The fourth-order valence-electron chi connectivity index (χ4n) is 2.45. The van der Waals surface area contributed by atoms with Crippen LogP contribution in [-0.4, -0.2) is 16.6 Å². The molecule has 4 nitrogen and oxygen atoms in total. The van der Waals surface area contributed by atoms with Gasteiger partial charge in [0.05, 0.1) is 5.52 Å². The average molecular weight is 380 g/mol. The fraction of sp³-hybridized carbons (Fsp3) is 0.500. The Labute approximate surface area is 173 Å². The standard InChI is InChI=1S/C12H11F3NO.C5H10.CHO2.Na/c1-6(2)11-16-9-5-7(3)4-8(10(9)17-11)12(13,14)15;1-2-4-5-3-1;2-1-3;/h4-6H,3H2,1-2H3;1-5H2;(H,2,3);/q-1;;-1;+1. The van der Waals surface area contributed by atoms with Crippen LogP contribution in [0.15, 0.2) is 16.5 Å². The average Bonchev–Trinajstić information content (AvgIpc) is 3.18. The number of halogens is 3. The van der Waals surface area contributed by atoms with Crippen LogP contribution in [0.3, 0.4) is 0 Å². The minimum absolute atomic E-state index is 0. The molecule has 0 saturated heterocycles. The number of nitrogens with zero attached hydrogens (tertiary/aromatic N) is 1. The van der Waals surface area contributed by atoms with Gasteiger partial charge in [0, 0.05) is 11.5 Å². The molecule has 1 N–H and O–H groups in total. The zero-order chi connectivity index (χ0) is 19.0. The number of aliphatic hydroxyl groups excluding tert-OH is 1. The first-order chi connectivity index (χ1) is 11.7. The van der Waals surface area contributed by atoms with Gasteiger partial charge >= 0.3 is 35.7 Å². The molecule has 0 radical (unpaired) electrons. The van der Waals surface area contributed by atoms with Crippen LogP contribution in [0.2, 0.25) is 0 Å². The summed E-state index contributed by atoms with van der Waals surface area (Å²) in [5.41, 5.74) is -0.560. The third kappa shape index (κ3) is 7.60. The van der Waals surface area contributed by atoms with Crippen molar-refractivity contribution in [3.05, 3.63) is 36.1 Å². The molecule has 3 rings (SSSR count). The molecule has 0 unspecified atom stereocenters. The number of oxazole rings is 1. The zero-order valence-electron chi connectivity index (χ0n) is 15.3. The molecule has 0 amide bonds. The van der Waals surface area contributed by atoms with Gasteiger partial charge in [-0.15, -0.1) is 12.1 Å². The van der Waals surface area contributed by atoms with Crippen LogP contribution in [-0.2, 0) is 11.0 Å². The molecule has 1 fully saturated rings. The largest absolute Gasteiger partial charge is 1.00 e. The van der Waals surface area contributed by atoms with Crippen molar-refractivity contribution in [1.82, 2.24) is 4.98 Å². The van der Waals surface area contributed by atoms with Gasteiger partial charge in [0.1, 0.15) is 5.58 Å². The summed E-state index contributed by atoms with van der Waals surface area (Å²) in [6.45, 7) is 7.63. The molecule has 0 atom stereocenters. The van der Waals surface area contributed by atoms with Crippen molar-refractivity contribution in [2.75, 3.05) is 0 Å². The first-order valence-electron chi connectivity index (χ1n) is 8.05. The van der Waals surface area contributed by atoms with E-state index in [9.17, 15) is 13.2 Å². The topological polar surface area (TPSA) is 63.3 Å². The van der Waals surface area contributed by atoms with E-state index in [-0.39, 0.29) is 52.1 Å². The number of alkyl halides is 3. The van der Waals surface area contributed by atoms with Gasteiger partial charge in [0.25, 0.3) is 0 Å². The molecule has 1 aliphatic carbocycles. The predicted molar refractivity (Wildman–Crippen MR) is 89.0 cm³/mol. The number of benzene rings is 1. The number of aromatic nitrogens is 1. The van der Waals surface area contributed by atoms with Crippen LogP contribution < -0.4 is 29.6 Å². The van der Waals surface area contributed by atoms with Crippen molar-refractivity contribution < 1.29 is 57.0 Å². The molecule has 0 bridgehead atoms. The van der Waals surface area contributed by atoms with Gasteiger partial charge < -0.3 is 14.3 Å². The molecule has 26 heavy (non-hydrogen) atoms. The Morgan fingerprint density at radius 2 is 1.65 bits per heavy atom. The number of hydrogen-bond donors (Lipinski definition) is 1. The van der Waals surface area contributed by atoms with E-state index in [0.717, 1.165) is 6.07 Å². The third-order valence-corrected chi connectivity index (χ3v) is 3.62. The summed E-state index contributed by atoms with van der Waals surface area (Å²) in [5.74, 6) is 0.243. The van der Waals surface area contributed by atoms with Gasteiger partial charge in [-0.1, -0.05) is 52.4 Å². The number of rotatable bonds is 1. The SMILES string of the molecule is C1CCCC1.O=[C-]O.[CH2-]c1cc(C(F)(F)F)c2oc(C(C)C)nc2c1.[Na+]. The molecule has 1 heterocycles. The second-order valence-corrected chi connectivity index (χ2v) is 6.06. The van der Waals surface area contributed by atoms with Crippen LogP contribution in [0.4, 0.5) is 13.2 Å². The Kier molecular flexibility index (Phi) is 11.0. The molecule has 1 aromatic heterocycles. The smallest absolute Gasteiger partial charge is 0.665 e. The monoisotopic (exact) mass is 380 g/mol. The maximum Gasteiger partial charge on any atom is 1.00 e. The first kappa shape index (κ1) is 24.8. The van der Waals surface area contributed by atoms with E-state index in [0.29, 0.717) is 12.4 Å². The van der Waals surface area contributed by atoms with E-state index in [1.165, 1.54) is 38.2 Å². The van der Waals surface area contributed by atoms with E-state index in [2.05, 4.69) is 11.9 Å². The van der Waals surface area contributed by atoms with Crippen molar-refractivity contribution in [3.63, 3.8) is 0 Å². The van der Waals surface area contributed by atoms with Gasteiger partial charge in [-0.2, -0.15) is 25.7 Å². The maximum absolute atomic E-state index is 12.8. The second-order valence-electron chi connectivity index (χ2n) is 6.06. The normalized spacial score (nSPS) is 13.3. The molecular formula is C18H22F3NNaO3-. The van der Waals surface area contributed by atoms with Crippen molar-refractivity contribution in [1.29, 1.82) is 0 Å². The molecule has 8 heteroatoms. The molecule has 1 aromatic carbocycles. The summed E-state index contributed by atoms with van der Waals surface area (Å²) < 4.78 is 43.6. The molecule has 1 aliphatic rings. The van der Waals surface area contributed by atoms with E-state index in [4.69, 9.17) is 14.3 Å². The maximum atomic E-state index is 12.8. The molecule has 0 spiro atoms. The van der Waals surface area contributed by atoms with Crippen molar-refractivity contribution in [2.45, 2.75) is 58.0 Å². The second kappa shape index (κ2) is 11.5. The molecule has 140 valence electrons. The molecular weight excluding hydrogens is 358 g/mol. The Morgan fingerprint density at radius 1 is 1.19 bits per heavy atom. The van der Waals surface area contributed by atoms with Gasteiger partial charge in [-0.05, 0) is 0 Å². The molecule has 1 saturated carbocycles. The van der Waals surface area contributed by atoms with Crippen LogP contribution >= 0.6 is 0 Å². The van der Waals surface area contributed by atoms with Gasteiger partial charge in [0.2, 0.25) is 0 Å². The fourth-order valence-corrected chi connectivity index (χ4v) is 2.45. The number of hydrogen-bond acceptors (Lipinski definition) is 3. The van der Waals surface area contributed by atoms with E-state index in [1.807, 2.05) is 13.8 Å². The Balaban J connectivity index is 0.000000581. The minimum Gasteiger partial charge on any atom is -0.665 e. The van der Waals surface area contributed by atoms with Gasteiger partial charge in [-0.3, -0.25) is 0 Å². The first-order valence-corrected chi connectivity index (χ1v) is 8.05. The summed E-state index contributed by atoms with van der Waals surface area (Å²) >= 11 is 0. The van der Waals surface area contributed by atoms with Crippen LogP contribution in [0.5, 0.6) is 0 Å². The van der Waals surface area contributed by atoms with E-state index < -0.39 is 11.7 Å². The van der Waals surface area contributed by atoms with E-state index in [1.54, 1.807) is 0 Å². The quantitative estimate of drug-likeness (QED) is 0.610. The van der Waals surface area contributed by atoms with Crippen LogP contribution in [0, 0.1) is 6.92 Å². The minimum atomic E-state index is -4.46. The summed E-state index contributed by atoms with van der Waals surface area (Å²) in [7, 11) is 0. The Hall–Kier alpha value is -1.18. The van der Waals surface area contributed by atoms with Gasteiger partial charge in [0.15, 0.2) is 5.89 Å². The summed E-state index contributed by atoms with van der Waals surface area (Å²) in [6.07, 6.45) is 3.04. The van der Waals surface area contributed by atoms with E-state index >= 15 is 0 Å². The molecule has 0 aliphatic heterocycles. The van der Waals surface area contributed by atoms with Crippen LogP contribution in [0.25, 0.3) is 11.1 Å². The summed E-state index contributed by atoms with van der Waals surface area (Å²) in [4.78, 5) is 12.3. The summed E-state index contributed by atoms with van der Waals surface area (Å²) in [5, 5.41) is 6.76. The Morgan fingerprint density at radius 3 is 2.04 bits per heavy atom. The number of fused-ring (bicyclic) bond motifs is 1. The van der Waals surface area contributed by atoms with Crippen molar-refractivity contribution in [3.8, 4) is 0 Å². The van der Waals surface area contributed by atoms with Crippen molar-refractivity contribution in [2.24, 2.45) is 0 Å².